The molecule has 0 amide bonds. The molecule has 14 heavy (non-hydrogen) atoms. The molecule has 2 rings (SSSR count). The van der Waals surface area contributed by atoms with Crippen molar-refractivity contribution in [3.05, 3.63) is 18.6 Å². The van der Waals surface area contributed by atoms with E-state index in [2.05, 4.69) is 14.9 Å². The van der Waals surface area contributed by atoms with Crippen molar-refractivity contribution in [2.75, 3.05) is 24.6 Å². The van der Waals surface area contributed by atoms with Crippen LogP contribution in [0.25, 0.3) is 0 Å². The summed E-state index contributed by atoms with van der Waals surface area (Å²) in [4.78, 5) is 10.1. The zero-order valence-corrected chi connectivity index (χ0v) is 7.87. The molecule has 2 heterocycles. The van der Waals surface area contributed by atoms with Gasteiger partial charge in [0, 0.05) is 37.9 Å². The van der Waals surface area contributed by atoms with Gasteiger partial charge in [0.05, 0.1) is 0 Å². The van der Waals surface area contributed by atoms with Crippen LogP contribution in [0.1, 0.15) is 0 Å². The number of nitrogens with zero attached hydrogens (tertiary/aromatic N) is 3. The smallest absolute Gasteiger partial charge is 0.131 e. The van der Waals surface area contributed by atoms with Gasteiger partial charge in [0.25, 0.3) is 0 Å². The van der Waals surface area contributed by atoms with Gasteiger partial charge in [0.15, 0.2) is 0 Å². The zero-order valence-electron chi connectivity index (χ0n) is 7.87. The number of anilines is 1. The predicted octanol–water partition coefficient (Wildman–Crippen LogP) is -0.768. The third-order valence-corrected chi connectivity index (χ3v) is 2.62. The van der Waals surface area contributed by atoms with Gasteiger partial charge < -0.3 is 15.7 Å². The third-order valence-electron chi connectivity index (χ3n) is 2.62. The molecule has 2 atom stereocenters. The second-order valence-corrected chi connectivity index (χ2v) is 3.58. The van der Waals surface area contributed by atoms with Crippen LogP contribution in [-0.2, 0) is 0 Å². The summed E-state index contributed by atoms with van der Waals surface area (Å²) in [5.74, 6) is 1.04. The van der Waals surface area contributed by atoms with Crippen LogP contribution in [0.3, 0.4) is 0 Å². The molecular formula is C9H14N4O. The van der Waals surface area contributed by atoms with Crippen LogP contribution in [0.4, 0.5) is 5.82 Å². The van der Waals surface area contributed by atoms with Crippen LogP contribution in [0.15, 0.2) is 18.6 Å². The van der Waals surface area contributed by atoms with Crippen molar-refractivity contribution in [3.63, 3.8) is 0 Å². The molecule has 0 spiro atoms. The third kappa shape index (κ3) is 1.69. The lowest BCUT2D eigenvalue weighted by Crippen LogP contribution is -2.31. The SMILES string of the molecule is N[C@@H]1CN(c2ccncn2)C[C@H]1CO. The van der Waals surface area contributed by atoms with Crippen LogP contribution < -0.4 is 10.6 Å². The first-order valence-electron chi connectivity index (χ1n) is 4.68. The Hall–Kier alpha value is -1.20. The molecule has 1 aromatic rings. The van der Waals surface area contributed by atoms with Crippen LogP contribution in [0.2, 0.25) is 0 Å². The van der Waals surface area contributed by atoms with E-state index in [4.69, 9.17) is 10.8 Å². The maximum atomic E-state index is 9.06. The van der Waals surface area contributed by atoms with Crippen molar-refractivity contribution >= 4 is 5.82 Å². The van der Waals surface area contributed by atoms with E-state index in [0.717, 1.165) is 18.9 Å². The van der Waals surface area contributed by atoms with E-state index in [1.54, 1.807) is 6.20 Å². The molecule has 0 unspecified atom stereocenters. The minimum Gasteiger partial charge on any atom is -0.396 e. The molecule has 1 saturated heterocycles. The highest BCUT2D eigenvalue weighted by Gasteiger charge is 2.29. The number of aliphatic hydroxyl groups excluding tert-OH is 1. The molecule has 3 N–H and O–H groups in total. The van der Waals surface area contributed by atoms with Crippen molar-refractivity contribution in [1.29, 1.82) is 0 Å². The topological polar surface area (TPSA) is 75.3 Å². The highest BCUT2D eigenvalue weighted by atomic mass is 16.3. The van der Waals surface area contributed by atoms with Crippen molar-refractivity contribution < 1.29 is 5.11 Å². The number of aromatic nitrogens is 2. The van der Waals surface area contributed by atoms with Gasteiger partial charge in [-0.05, 0) is 6.07 Å². The molecule has 1 aliphatic rings. The highest BCUT2D eigenvalue weighted by Crippen LogP contribution is 2.20. The molecule has 0 bridgehead atoms. The average molecular weight is 194 g/mol. The van der Waals surface area contributed by atoms with Gasteiger partial charge >= 0.3 is 0 Å². The normalized spacial score (nSPS) is 26.9. The van der Waals surface area contributed by atoms with Gasteiger partial charge in [-0.3, -0.25) is 0 Å². The molecule has 1 aliphatic heterocycles. The first kappa shape index (κ1) is 9.36. The van der Waals surface area contributed by atoms with E-state index in [9.17, 15) is 0 Å². The summed E-state index contributed by atoms with van der Waals surface area (Å²) in [5, 5.41) is 9.06. The fourth-order valence-corrected chi connectivity index (χ4v) is 1.75. The minimum absolute atomic E-state index is 0.0370. The Morgan fingerprint density at radius 3 is 3.00 bits per heavy atom. The van der Waals surface area contributed by atoms with Crippen molar-refractivity contribution in [2.24, 2.45) is 11.7 Å². The molecule has 0 saturated carbocycles. The summed E-state index contributed by atoms with van der Waals surface area (Å²) in [6, 6.07) is 1.89. The maximum absolute atomic E-state index is 9.06. The quantitative estimate of drug-likeness (QED) is 0.646. The second kappa shape index (κ2) is 3.89. The summed E-state index contributed by atoms with van der Waals surface area (Å²) in [6.07, 6.45) is 3.23. The number of rotatable bonds is 2. The summed E-state index contributed by atoms with van der Waals surface area (Å²) in [7, 11) is 0. The van der Waals surface area contributed by atoms with Crippen LogP contribution in [0, 0.1) is 5.92 Å². The van der Waals surface area contributed by atoms with E-state index < -0.39 is 0 Å². The molecule has 5 heteroatoms. The van der Waals surface area contributed by atoms with Crippen molar-refractivity contribution in [3.8, 4) is 0 Å². The van der Waals surface area contributed by atoms with Crippen LogP contribution >= 0.6 is 0 Å². The summed E-state index contributed by atoms with van der Waals surface area (Å²) >= 11 is 0. The number of hydrogen-bond donors (Lipinski definition) is 2. The van der Waals surface area contributed by atoms with E-state index in [1.165, 1.54) is 6.33 Å². The molecule has 1 aromatic heterocycles. The summed E-state index contributed by atoms with van der Waals surface area (Å²) in [6.45, 7) is 1.67. The van der Waals surface area contributed by atoms with Gasteiger partial charge in [-0.1, -0.05) is 0 Å². The zero-order chi connectivity index (χ0) is 9.97. The summed E-state index contributed by atoms with van der Waals surface area (Å²) in [5.41, 5.74) is 5.87. The van der Waals surface area contributed by atoms with Crippen LogP contribution in [0.5, 0.6) is 0 Å². The Labute approximate surface area is 82.6 Å². The number of nitrogens with two attached hydrogens (primary N) is 1. The largest absolute Gasteiger partial charge is 0.396 e. The van der Waals surface area contributed by atoms with Gasteiger partial charge in [-0.25, -0.2) is 9.97 Å². The summed E-state index contributed by atoms with van der Waals surface area (Å²) < 4.78 is 0. The minimum atomic E-state index is 0.0370. The van der Waals surface area contributed by atoms with Gasteiger partial charge in [-0.2, -0.15) is 0 Å². The van der Waals surface area contributed by atoms with Crippen molar-refractivity contribution in [2.45, 2.75) is 6.04 Å². The lowest BCUT2D eigenvalue weighted by Gasteiger charge is -2.15. The molecule has 0 radical (unpaired) electrons. The van der Waals surface area contributed by atoms with Gasteiger partial charge in [-0.15, -0.1) is 0 Å². The predicted molar refractivity (Wildman–Crippen MR) is 52.8 cm³/mol. The van der Waals surface area contributed by atoms with E-state index >= 15 is 0 Å². The first-order chi connectivity index (χ1) is 6.81. The lowest BCUT2D eigenvalue weighted by atomic mass is 10.1. The van der Waals surface area contributed by atoms with E-state index in [-0.39, 0.29) is 18.6 Å². The van der Waals surface area contributed by atoms with Gasteiger partial charge in [0.1, 0.15) is 12.1 Å². The van der Waals surface area contributed by atoms with Crippen molar-refractivity contribution in [1.82, 2.24) is 9.97 Å². The van der Waals surface area contributed by atoms with Gasteiger partial charge in [0.2, 0.25) is 0 Å². The monoisotopic (exact) mass is 194 g/mol. The maximum Gasteiger partial charge on any atom is 0.131 e. The van der Waals surface area contributed by atoms with E-state index in [1.807, 2.05) is 6.07 Å². The Bertz CT molecular complexity index is 292. The Morgan fingerprint density at radius 1 is 1.57 bits per heavy atom. The van der Waals surface area contributed by atoms with Crippen LogP contribution in [-0.4, -0.2) is 40.8 Å². The molecule has 0 aromatic carbocycles. The Morgan fingerprint density at radius 2 is 2.43 bits per heavy atom. The molecular weight excluding hydrogens is 180 g/mol. The molecule has 0 aliphatic carbocycles. The van der Waals surface area contributed by atoms with E-state index in [0.29, 0.717) is 0 Å². The lowest BCUT2D eigenvalue weighted by molar-refractivity contribution is 0.228. The standard InChI is InChI=1S/C9H14N4O/c10-8-4-13(3-7(8)5-14)9-1-2-11-6-12-9/h1-2,6-8,14H,3-5,10H2/t7-,8+/m0/s1. The first-order valence-corrected chi connectivity index (χ1v) is 4.68. The number of hydrogen-bond acceptors (Lipinski definition) is 5. The average Bonchev–Trinajstić information content (AvgIpc) is 2.61. The molecule has 5 nitrogen and oxygen atoms in total. The molecule has 76 valence electrons. The second-order valence-electron chi connectivity index (χ2n) is 3.58. The Kier molecular flexibility index (Phi) is 2.60. The Balaban J connectivity index is 2.09. The fraction of sp³-hybridized carbons (Fsp3) is 0.556. The molecule has 1 fully saturated rings. The highest BCUT2D eigenvalue weighted by molar-refractivity contribution is 5.38. The fourth-order valence-electron chi connectivity index (χ4n) is 1.75. The number of aliphatic hydroxyl groups is 1.